The van der Waals surface area contributed by atoms with E-state index in [0.29, 0.717) is 0 Å². The zero-order valence-electron chi connectivity index (χ0n) is 19.1. The minimum absolute atomic E-state index is 0.0293. The predicted molar refractivity (Wildman–Crippen MR) is 140 cm³/mol. The summed E-state index contributed by atoms with van der Waals surface area (Å²) in [6.45, 7) is 0. The monoisotopic (exact) mass is 530 g/mol. The molecule has 6 nitrogen and oxygen atoms in total. The van der Waals surface area contributed by atoms with Crippen LogP contribution in [-0.4, -0.2) is 22.6 Å². The van der Waals surface area contributed by atoms with Gasteiger partial charge >= 0.3 is 0 Å². The van der Waals surface area contributed by atoms with E-state index in [2.05, 4.69) is 22.2 Å². The van der Waals surface area contributed by atoms with Gasteiger partial charge in [-0.1, -0.05) is 41.4 Å². The van der Waals surface area contributed by atoms with Crippen molar-refractivity contribution in [2.45, 2.75) is 23.3 Å². The summed E-state index contributed by atoms with van der Waals surface area (Å²) in [5, 5.41) is 4.06. The second kappa shape index (κ2) is 9.30. The smallest absolute Gasteiger partial charge is 0.261 e. The van der Waals surface area contributed by atoms with Gasteiger partial charge < -0.3 is 14.8 Å². The van der Waals surface area contributed by atoms with E-state index in [9.17, 15) is 8.42 Å². The van der Waals surface area contributed by atoms with Crippen molar-refractivity contribution in [3.63, 3.8) is 0 Å². The van der Waals surface area contributed by atoms with Crippen LogP contribution in [0.2, 0.25) is 10.0 Å². The first kappa shape index (κ1) is 23.9. The topological polar surface area (TPSA) is 76.7 Å². The third-order valence-electron chi connectivity index (χ3n) is 6.61. The number of allylic oxidation sites excluding steroid dienone is 2. The molecular weight excluding hydrogens is 507 g/mol. The van der Waals surface area contributed by atoms with Crippen molar-refractivity contribution >= 4 is 44.6 Å². The Morgan fingerprint density at radius 2 is 1.83 bits per heavy atom. The van der Waals surface area contributed by atoms with Crippen molar-refractivity contribution in [3.8, 4) is 11.5 Å². The molecule has 3 aromatic rings. The number of nitrogens with one attached hydrogen (secondary N) is 2. The van der Waals surface area contributed by atoms with E-state index in [1.165, 1.54) is 0 Å². The summed E-state index contributed by atoms with van der Waals surface area (Å²) in [6, 6.07) is 15.7. The Bertz CT molecular complexity index is 1420. The number of sulfonamides is 1. The molecule has 2 N–H and O–H groups in total. The third-order valence-corrected chi connectivity index (χ3v) is 8.79. The summed E-state index contributed by atoms with van der Waals surface area (Å²) in [5.41, 5.74) is 3.05. The highest BCUT2D eigenvalue weighted by atomic mass is 35.5. The molecule has 182 valence electrons. The van der Waals surface area contributed by atoms with Crippen LogP contribution in [0.25, 0.3) is 0 Å². The first-order valence-corrected chi connectivity index (χ1v) is 13.3. The molecule has 0 unspecified atom stereocenters. The van der Waals surface area contributed by atoms with Crippen LogP contribution in [0.5, 0.6) is 11.5 Å². The van der Waals surface area contributed by atoms with Gasteiger partial charge in [-0.15, -0.1) is 0 Å². The van der Waals surface area contributed by atoms with Crippen LogP contribution in [0.4, 0.5) is 11.4 Å². The lowest BCUT2D eigenvalue weighted by atomic mass is 9.77. The van der Waals surface area contributed by atoms with Crippen LogP contribution < -0.4 is 19.5 Å². The van der Waals surface area contributed by atoms with Crippen LogP contribution in [0, 0.1) is 5.92 Å². The number of fused-ring (bicyclic) bond motifs is 3. The van der Waals surface area contributed by atoms with Crippen LogP contribution in [-0.2, 0) is 10.0 Å². The average molecular weight is 531 g/mol. The number of hydrogen-bond donors (Lipinski definition) is 2. The van der Waals surface area contributed by atoms with Gasteiger partial charge in [-0.05, 0) is 66.4 Å². The number of hydrogen-bond acceptors (Lipinski definition) is 5. The largest absolute Gasteiger partial charge is 0.497 e. The van der Waals surface area contributed by atoms with Crippen molar-refractivity contribution in [2.75, 3.05) is 24.3 Å². The molecule has 1 heterocycles. The molecule has 35 heavy (non-hydrogen) atoms. The van der Waals surface area contributed by atoms with E-state index in [1.54, 1.807) is 44.6 Å². The molecule has 0 fully saturated rings. The van der Waals surface area contributed by atoms with Gasteiger partial charge in [-0.25, -0.2) is 8.42 Å². The standard InChI is InChI=1S/C26H24Cl2N2O4S/c1-33-15-9-12-24(34-2)20(13-15)26-18-6-3-5-17(18)19-14-16(10-11-22(19)29-26)35(31,32)30-23-8-4-7-21(27)25(23)28/h3-5,7-14,17-18,26,29-30H,6H2,1-2H3/t17-,18+,26-/m0/s1. The molecule has 9 heteroatoms. The molecule has 5 rings (SSSR count). The summed E-state index contributed by atoms with van der Waals surface area (Å²) >= 11 is 12.2. The van der Waals surface area contributed by atoms with Gasteiger partial charge in [0.2, 0.25) is 0 Å². The number of methoxy groups -OCH3 is 2. The maximum atomic E-state index is 13.2. The Kier molecular flexibility index (Phi) is 6.34. The van der Waals surface area contributed by atoms with Crippen molar-refractivity contribution < 1.29 is 17.9 Å². The van der Waals surface area contributed by atoms with Gasteiger partial charge in [-0.3, -0.25) is 4.72 Å². The number of ether oxygens (including phenoxy) is 2. The van der Waals surface area contributed by atoms with Crippen LogP contribution in [0.1, 0.15) is 29.5 Å². The van der Waals surface area contributed by atoms with E-state index in [0.717, 1.165) is 34.7 Å². The van der Waals surface area contributed by atoms with E-state index >= 15 is 0 Å². The van der Waals surface area contributed by atoms with Crippen molar-refractivity contribution in [2.24, 2.45) is 5.92 Å². The molecule has 0 aromatic heterocycles. The van der Waals surface area contributed by atoms with E-state index in [1.807, 2.05) is 24.3 Å². The minimum Gasteiger partial charge on any atom is -0.497 e. The van der Waals surface area contributed by atoms with Crippen LogP contribution in [0.3, 0.4) is 0 Å². The number of benzene rings is 3. The maximum Gasteiger partial charge on any atom is 0.261 e. The SMILES string of the molecule is COc1ccc(OC)c([C@H]2Nc3ccc(S(=O)(=O)Nc4cccc(Cl)c4Cl)cc3[C@H]3C=CC[C@H]32)c1. The van der Waals surface area contributed by atoms with E-state index in [4.69, 9.17) is 32.7 Å². The van der Waals surface area contributed by atoms with E-state index < -0.39 is 10.0 Å². The molecule has 0 bridgehead atoms. The van der Waals surface area contributed by atoms with Gasteiger partial charge in [0.25, 0.3) is 10.0 Å². The number of anilines is 2. The molecule has 3 aromatic carbocycles. The van der Waals surface area contributed by atoms with Crippen LogP contribution >= 0.6 is 23.2 Å². The Hall–Kier alpha value is -2.87. The Morgan fingerprint density at radius 1 is 1.00 bits per heavy atom. The number of halogens is 2. The fraction of sp³-hybridized carbons (Fsp3) is 0.231. The first-order chi connectivity index (χ1) is 16.8. The second-order valence-electron chi connectivity index (χ2n) is 8.54. The Labute approximate surface area is 214 Å². The summed E-state index contributed by atoms with van der Waals surface area (Å²) in [6.07, 6.45) is 5.16. The zero-order chi connectivity index (χ0) is 24.7. The van der Waals surface area contributed by atoms with Gasteiger partial charge in [0.05, 0.1) is 40.9 Å². The zero-order valence-corrected chi connectivity index (χ0v) is 21.4. The average Bonchev–Trinajstić information content (AvgIpc) is 3.36. The lowest BCUT2D eigenvalue weighted by Crippen LogP contribution is -2.29. The molecule has 2 aliphatic rings. The third kappa shape index (κ3) is 4.33. The molecule has 0 saturated carbocycles. The van der Waals surface area contributed by atoms with Gasteiger partial charge in [0.1, 0.15) is 11.5 Å². The summed E-state index contributed by atoms with van der Waals surface area (Å²) < 4.78 is 40.1. The van der Waals surface area contributed by atoms with Crippen molar-refractivity contribution in [3.05, 3.63) is 87.9 Å². The lowest BCUT2D eigenvalue weighted by Gasteiger charge is -2.38. The summed E-state index contributed by atoms with van der Waals surface area (Å²) in [7, 11) is -0.586. The maximum absolute atomic E-state index is 13.2. The molecule has 1 aliphatic carbocycles. The highest BCUT2D eigenvalue weighted by Crippen LogP contribution is 2.52. The summed E-state index contributed by atoms with van der Waals surface area (Å²) in [5.74, 6) is 1.77. The molecule has 1 aliphatic heterocycles. The molecule has 0 radical (unpaired) electrons. The summed E-state index contributed by atoms with van der Waals surface area (Å²) in [4.78, 5) is 0.158. The highest BCUT2D eigenvalue weighted by Gasteiger charge is 2.39. The molecule has 0 spiro atoms. The first-order valence-electron chi connectivity index (χ1n) is 11.1. The molecule has 0 amide bonds. The second-order valence-corrected chi connectivity index (χ2v) is 11.0. The molecular formula is C26H24Cl2N2O4S. The molecule has 3 atom stereocenters. The fourth-order valence-corrected chi connectivity index (χ4v) is 6.43. The van der Waals surface area contributed by atoms with Crippen molar-refractivity contribution in [1.82, 2.24) is 0 Å². The fourth-order valence-electron chi connectivity index (χ4n) is 4.92. The number of rotatable bonds is 6. The predicted octanol–water partition coefficient (Wildman–Crippen LogP) is 6.64. The lowest BCUT2D eigenvalue weighted by molar-refractivity contribution is 0.374. The molecule has 0 saturated heterocycles. The minimum atomic E-state index is -3.88. The van der Waals surface area contributed by atoms with Gasteiger partial charge in [0.15, 0.2) is 0 Å². The van der Waals surface area contributed by atoms with Gasteiger partial charge in [0, 0.05) is 17.2 Å². The van der Waals surface area contributed by atoms with Crippen molar-refractivity contribution in [1.29, 1.82) is 0 Å². The normalized spacial score (nSPS) is 20.5. The van der Waals surface area contributed by atoms with Gasteiger partial charge in [-0.2, -0.15) is 0 Å². The highest BCUT2D eigenvalue weighted by molar-refractivity contribution is 7.92. The van der Waals surface area contributed by atoms with Crippen LogP contribution in [0.15, 0.2) is 71.6 Å². The quantitative estimate of drug-likeness (QED) is 0.349. The Morgan fingerprint density at radius 3 is 2.60 bits per heavy atom. The van der Waals surface area contributed by atoms with E-state index in [-0.39, 0.29) is 38.5 Å². The Balaban J connectivity index is 1.52.